The number of hydrogen-bond donors (Lipinski definition) is 0. The molecule has 1 aromatic rings. The maximum Gasteiger partial charge on any atom is 0.0175 e. The molecule has 2 unspecified atom stereocenters. The molecule has 0 heterocycles. The van der Waals surface area contributed by atoms with Gasteiger partial charge in [0.2, 0.25) is 0 Å². The van der Waals surface area contributed by atoms with Gasteiger partial charge in [0.15, 0.2) is 0 Å². The van der Waals surface area contributed by atoms with E-state index in [1.165, 1.54) is 22.3 Å². The van der Waals surface area contributed by atoms with Gasteiger partial charge < -0.3 is 0 Å². The molecule has 2 atom stereocenters. The van der Waals surface area contributed by atoms with Gasteiger partial charge in [-0.1, -0.05) is 66.3 Å². The molecular weight excluding hydrogens is 264 g/mol. The largest absolute Gasteiger partial charge is 0.0755 e. The lowest BCUT2D eigenvalue weighted by Gasteiger charge is -2.27. The van der Waals surface area contributed by atoms with Crippen LogP contribution in [0.3, 0.4) is 0 Å². The van der Waals surface area contributed by atoms with E-state index in [0.29, 0.717) is 17.8 Å². The van der Waals surface area contributed by atoms with Gasteiger partial charge in [0.25, 0.3) is 0 Å². The van der Waals surface area contributed by atoms with E-state index >= 15 is 0 Å². The Balaban J connectivity index is 1.82. The highest BCUT2D eigenvalue weighted by molar-refractivity contribution is 5.65. The molecule has 22 heavy (non-hydrogen) atoms. The minimum Gasteiger partial charge on any atom is -0.0755 e. The Hall–Kier alpha value is -2.08. The van der Waals surface area contributed by atoms with Gasteiger partial charge in [-0.3, -0.25) is 0 Å². The van der Waals surface area contributed by atoms with E-state index in [9.17, 15) is 0 Å². The first-order valence-corrected chi connectivity index (χ1v) is 8.19. The van der Waals surface area contributed by atoms with Crippen molar-refractivity contribution in [3.05, 3.63) is 88.1 Å². The summed E-state index contributed by atoms with van der Waals surface area (Å²) in [6, 6.07) is 8.84. The average Bonchev–Trinajstić information content (AvgIpc) is 3.23. The first-order chi connectivity index (χ1) is 10.7. The van der Waals surface area contributed by atoms with Crippen LogP contribution in [0.4, 0.5) is 0 Å². The lowest BCUT2D eigenvalue weighted by Crippen LogP contribution is -2.16. The fourth-order valence-corrected chi connectivity index (χ4v) is 4.34. The molecule has 0 nitrogen and oxygen atoms in total. The van der Waals surface area contributed by atoms with E-state index in [-0.39, 0.29) is 0 Å². The minimum atomic E-state index is 0.471. The third-order valence-corrected chi connectivity index (χ3v) is 5.69. The summed E-state index contributed by atoms with van der Waals surface area (Å²) < 4.78 is 0. The third-order valence-electron chi connectivity index (χ3n) is 5.69. The highest BCUT2D eigenvalue weighted by atomic mass is 14.4. The molecule has 0 N–H and O–H groups in total. The van der Waals surface area contributed by atoms with Crippen LogP contribution in [-0.2, 0) is 0 Å². The first-order valence-electron chi connectivity index (χ1n) is 8.19. The molecule has 0 bridgehead atoms. The van der Waals surface area contributed by atoms with Crippen molar-refractivity contribution in [2.24, 2.45) is 11.8 Å². The minimum absolute atomic E-state index is 0.471. The zero-order valence-electron chi connectivity index (χ0n) is 13.5. The predicted molar refractivity (Wildman–Crippen MR) is 94.6 cm³/mol. The summed E-state index contributed by atoms with van der Waals surface area (Å²) in [4.78, 5) is 0. The number of hydrogen-bond acceptors (Lipinski definition) is 0. The van der Waals surface area contributed by atoms with Crippen molar-refractivity contribution < 1.29 is 0 Å². The van der Waals surface area contributed by atoms with Gasteiger partial charge in [0, 0.05) is 17.8 Å². The second-order valence-electron chi connectivity index (χ2n) is 6.68. The summed E-state index contributed by atoms with van der Waals surface area (Å²) in [5.74, 6) is 1.47. The summed E-state index contributed by atoms with van der Waals surface area (Å²) in [5.41, 5.74) is 9.02. The van der Waals surface area contributed by atoms with Crippen molar-refractivity contribution in [2.75, 3.05) is 0 Å². The molecule has 0 aromatic heterocycles. The molecular formula is C22H22. The van der Waals surface area contributed by atoms with Crippen LogP contribution in [-0.4, -0.2) is 0 Å². The highest BCUT2D eigenvalue weighted by Crippen LogP contribution is 2.51. The van der Waals surface area contributed by atoms with Crippen LogP contribution in [0.25, 0.3) is 6.08 Å². The molecule has 4 rings (SSSR count). The molecule has 0 saturated carbocycles. The lowest BCUT2D eigenvalue weighted by molar-refractivity contribution is 0.611. The summed E-state index contributed by atoms with van der Waals surface area (Å²) in [5, 5.41) is 0. The zero-order valence-corrected chi connectivity index (χ0v) is 13.5. The third kappa shape index (κ3) is 1.83. The second kappa shape index (κ2) is 4.98. The van der Waals surface area contributed by atoms with Crippen molar-refractivity contribution in [1.29, 1.82) is 0 Å². The highest BCUT2D eigenvalue weighted by Gasteiger charge is 2.37. The van der Waals surface area contributed by atoms with Crippen molar-refractivity contribution >= 4 is 6.08 Å². The Morgan fingerprint density at radius 3 is 2.32 bits per heavy atom. The van der Waals surface area contributed by atoms with Gasteiger partial charge in [-0.15, -0.1) is 0 Å². The monoisotopic (exact) mass is 286 g/mol. The Kier molecular flexibility index (Phi) is 3.07. The summed E-state index contributed by atoms with van der Waals surface area (Å²) in [7, 11) is 0. The Morgan fingerprint density at radius 2 is 1.55 bits per heavy atom. The molecule has 0 heteroatoms. The Morgan fingerprint density at radius 1 is 0.818 bits per heavy atom. The topological polar surface area (TPSA) is 0 Å². The molecule has 0 fully saturated rings. The van der Waals surface area contributed by atoms with Crippen molar-refractivity contribution in [3.8, 4) is 0 Å². The van der Waals surface area contributed by atoms with E-state index in [1.54, 1.807) is 11.1 Å². The molecule has 3 aliphatic rings. The van der Waals surface area contributed by atoms with Crippen molar-refractivity contribution in [2.45, 2.75) is 26.7 Å². The molecule has 110 valence electrons. The fourth-order valence-electron chi connectivity index (χ4n) is 4.34. The second-order valence-corrected chi connectivity index (χ2v) is 6.68. The van der Waals surface area contributed by atoms with Crippen LogP contribution < -0.4 is 0 Å². The van der Waals surface area contributed by atoms with E-state index in [0.717, 1.165) is 0 Å². The van der Waals surface area contributed by atoms with Crippen LogP contribution in [0.5, 0.6) is 0 Å². The quantitative estimate of drug-likeness (QED) is 0.642. The van der Waals surface area contributed by atoms with Crippen LogP contribution >= 0.6 is 0 Å². The standard InChI is InChI=1S/C22H22/c1-14-15(2)21(18-9-4-5-10-18)22(16(14)3)20-13-12-17-8-6-7-11-19(17)20/h4-13,18,20,22H,1-3H3. The van der Waals surface area contributed by atoms with E-state index < -0.39 is 0 Å². The molecule has 0 aliphatic heterocycles. The van der Waals surface area contributed by atoms with E-state index in [1.807, 2.05) is 0 Å². The Bertz CT molecular complexity index is 768. The Labute approximate surface area is 133 Å². The van der Waals surface area contributed by atoms with Gasteiger partial charge in [-0.25, -0.2) is 0 Å². The molecule has 0 amide bonds. The maximum atomic E-state index is 2.41. The van der Waals surface area contributed by atoms with E-state index in [2.05, 4.69) is 81.5 Å². The zero-order chi connectivity index (χ0) is 15.3. The summed E-state index contributed by atoms with van der Waals surface area (Å²) in [6.45, 7) is 6.92. The average molecular weight is 286 g/mol. The van der Waals surface area contributed by atoms with Gasteiger partial charge >= 0.3 is 0 Å². The van der Waals surface area contributed by atoms with Crippen LogP contribution in [0, 0.1) is 11.8 Å². The smallest absolute Gasteiger partial charge is 0.0175 e. The number of fused-ring (bicyclic) bond motifs is 1. The van der Waals surface area contributed by atoms with Crippen molar-refractivity contribution in [1.82, 2.24) is 0 Å². The number of allylic oxidation sites excluding steroid dienone is 9. The van der Waals surface area contributed by atoms with E-state index in [4.69, 9.17) is 0 Å². The van der Waals surface area contributed by atoms with Gasteiger partial charge in [-0.05, 0) is 48.6 Å². The lowest BCUT2D eigenvalue weighted by atomic mass is 9.76. The predicted octanol–water partition coefficient (Wildman–Crippen LogP) is 5.82. The first kappa shape index (κ1) is 13.6. The molecule has 0 spiro atoms. The fraction of sp³-hybridized carbons (Fsp3) is 0.273. The normalized spacial score (nSPS) is 26.7. The summed E-state index contributed by atoms with van der Waals surface area (Å²) in [6.07, 6.45) is 13.7. The number of rotatable bonds is 2. The van der Waals surface area contributed by atoms with Gasteiger partial charge in [-0.2, -0.15) is 0 Å². The van der Waals surface area contributed by atoms with Crippen LogP contribution in [0.1, 0.15) is 37.8 Å². The molecule has 0 saturated heterocycles. The van der Waals surface area contributed by atoms with Crippen LogP contribution in [0.2, 0.25) is 0 Å². The van der Waals surface area contributed by atoms with Gasteiger partial charge in [0.1, 0.15) is 0 Å². The SMILES string of the molecule is CC1=C(C)C(C2C=Cc3ccccc32)C(C2C=CC=C2)=C1C. The molecule has 3 aliphatic carbocycles. The van der Waals surface area contributed by atoms with Crippen LogP contribution in [0.15, 0.2) is 76.9 Å². The summed E-state index contributed by atoms with van der Waals surface area (Å²) >= 11 is 0. The molecule has 1 aromatic carbocycles. The number of benzene rings is 1. The molecule has 0 radical (unpaired) electrons. The maximum absolute atomic E-state index is 2.41. The van der Waals surface area contributed by atoms with Gasteiger partial charge in [0.05, 0.1) is 0 Å². The van der Waals surface area contributed by atoms with Crippen molar-refractivity contribution in [3.63, 3.8) is 0 Å².